The fourth-order valence-electron chi connectivity index (χ4n) is 2.66. The van der Waals surface area contributed by atoms with Crippen molar-refractivity contribution < 1.29 is 17.6 Å². The summed E-state index contributed by atoms with van der Waals surface area (Å²) in [6, 6.07) is -0.373. The SMILES string of the molecule is CCC[C@@H](c1c(F)c(F)cc(F)c1F)N1CCNCC1. The van der Waals surface area contributed by atoms with E-state index in [0.29, 0.717) is 39.0 Å². The summed E-state index contributed by atoms with van der Waals surface area (Å²) in [5.41, 5.74) is -0.480. The van der Waals surface area contributed by atoms with Crippen molar-refractivity contribution in [1.82, 2.24) is 10.2 Å². The van der Waals surface area contributed by atoms with Crippen molar-refractivity contribution in [2.75, 3.05) is 26.2 Å². The molecule has 1 aliphatic rings. The largest absolute Gasteiger partial charge is 0.314 e. The van der Waals surface area contributed by atoms with Gasteiger partial charge in [0.15, 0.2) is 23.3 Å². The van der Waals surface area contributed by atoms with Gasteiger partial charge in [0.05, 0.1) is 0 Å². The highest BCUT2D eigenvalue weighted by Gasteiger charge is 2.30. The van der Waals surface area contributed by atoms with Crippen molar-refractivity contribution >= 4 is 0 Å². The van der Waals surface area contributed by atoms with Crippen molar-refractivity contribution in [2.45, 2.75) is 25.8 Å². The number of hydrogen-bond donors (Lipinski definition) is 1. The third-order valence-electron chi connectivity index (χ3n) is 3.63. The van der Waals surface area contributed by atoms with Crippen LogP contribution in [0.4, 0.5) is 17.6 Å². The van der Waals surface area contributed by atoms with Crippen molar-refractivity contribution in [3.05, 3.63) is 34.9 Å². The van der Waals surface area contributed by atoms with E-state index in [1.807, 2.05) is 11.8 Å². The lowest BCUT2D eigenvalue weighted by molar-refractivity contribution is 0.156. The van der Waals surface area contributed by atoms with E-state index in [1.165, 1.54) is 0 Å². The van der Waals surface area contributed by atoms with Gasteiger partial charge in [-0.2, -0.15) is 0 Å². The van der Waals surface area contributed by atoms with Gasteiger partial charge in [-0.1, -0.05) is 13.3 Å². The van der Waals surface area contributed by atoms with Gasteiger partial charge in [-0.3, -0.25) is 4.90 Å². The number of benzene rings is 1. The standard InChI is InChI=1S/C14H18F4N2/c1-2-3-11(20-6-4-19-5-7-20)12-13(17)9(15)8-10(16)14(12)18/h8,11,19H,2-7H2,1H3/t11-/m0/s1. The summed E-state index contributed by atoms with van der Waals surface area (Å²) in [5.74, 6) is -5.23. The molecule has 0 amide bonds. The van der Waals surface area contributed by atoms with E-state index in [0.717, 1.165) is 0 Å². The number of hydrogen-bond acceptors (Lipinski definition) is 2. The molecule has 2 rings (SSSR count). The van der Waals surface area contributed by atoms with E-state index in [1.54, 1.807) is 0 Å². The highest BCUT2D eigenvalue weighted by Crippen LogP contribution is 2.32. The van der Waals surface area contributed by atoms with E-state index in [2.05, 4.69) is 5.32 Å². The van der Waals surface area contributed by atoms with Crippen molar-refractivity contribution in [2.24, 2.45) is 0 Å². The molecule has 1 saturated heterocycles. The minimum Gasteiger partial charge on any atom is -0.314 e. The van der Waals surface area contributed by atoms with E-state index in [4.69, 9.17) is 0 Å². The van der Waals surface area contributed by atoms with Crippen LogP contribution < -0.4 is 5.32 Å². The van der Waals surface area contributed by atoms with Crippen LogP contribution in [0.2, 0.25) is 0 Å². The van der Waals surface area contributed by atoms with E-state index < -0.39 is 34.9 Å². The normalized spacial score (nSPS) is 18.2. The molecule has 112 valence electrons. The second kappa shape index (κ2) is 6.54. The molecule has 0 aromatic heterocycles. The number of nitrogens with one attached hydrogen (secondary N) is 1. The fourth-order valence-corrected chi connectivity index (χ4v) is 2.66. The molecule has 0 radical (unpaired) electrons. The molecule has 6 heteroatoms. The van der Waals surface area contributed by atoms with Crippen LogP contribution in [0.1, 0.15) is 31.4 Å². The Morgan fingerprint density at radius 2 is 1.65 bits per heavy atom. The summed E-state index contributed by atoms with van der Waals surface area (Å²) in [4.78, 5) is 1.88. The lowest BCUT2D eigenvalue weighted by atomic mass is 9.98. The number of piperazine rings is 1. The first kappa shape index (κ1) is 15.3. The van der Waals surface area contributed by atoms with Gasteiger partial charge in [0.25, 0.3) is 0 Å². The molecule has 1 heterocycles. The molecule has 0 bridgehead atoms. The topological polar surface area (TPSA) is 15.3 Å². The third kappa shape index (κ3) is 2.96. The van der Waals surface area contributed by atoms with Gasteiger partial charge in [-0.15, -0.1) is 0 Å². The van der Waals surface area contributed by atoms with Crippen molar-refractivity contribution in [1.29, 1.82) is 0 Å². The summed E-state index contributed by atoms with van der Waals surface area (Å²) >= 11 is 0. The minimum atomic E-state index is -1.34. The number of nitrogens with zero attached hydrogens (tertiary/aromatic N) is 1. The second-order valence-electron chi connectivity index (χ2n) is 4.97. The van der Waals surface area contributed by atoms with Gasteiger partial charge < -0.3 is 5.32 Å². The first-order valence-electron chi connectivity index (χ1n) is 6.84. The average molecular weight is 290 g/mol. The molecule has 0 spiro atoms. The molecule has 1 N–H and O–H groups in total. The van der Waals surface area contributed by atoms with E-state index in [-0.39, 0.29) is 6.07 Å². The Hall–Kier alpha value is -1.14. The Morgan fingerprint density at radius 1 is 1.10 bits per heavy atom. The maximum absolute atomic E-state index is 13.9. The predicted molar refractivity (Wildman–Crippen MR) is 68.4 cm³/mol. The Kier molecular flexibility index (Phi) is 4.99. The van der Waals surface area contributed by atoms with Crippen LogP contribution in [-0.2, 0) is 0 Å². The molecule has 1 aromatic rings. The predicted octanol–water partition coefficient (Wildman–Crippen LogP) is 2.99. The van der Waals surface area contributed by atoms with E-state index in [9.17, 15) is 17.6 Å². The molecule has 2 nitrogen and oxygen atoms in total. The number of halogens is 4. The Labute approximate surface area is 115 Å². The minimum absolute atomic E-state index is 0.259. The molecule has 0 saturated carbocycles. The molecule has 0 aliphatic carbocycles. The first-order chi connectivity index (χ1) is 9.56. The summed E-state index contributed by atoms with van der Waals surface area (Å²) < 4.78 is 54.6. The van der Waals surface area contributed by atoms with Crippen LogP contribution >= 0.6 is 0 Å². The van der Waals surface area contributed by atoms with Gasteiger partial charge in [0, 0.05) is 43.9 Å². The molecular formula is C14H18F4N2. The molecule has 1 atom stereocenters. The van der Waals surface area contributed by atoms with Crippen LogP contribution in [-0.4, -0.2) is 31.1 Å². The second-order valence-corrected chi connectivity index (χ2v) is 4.97. The number of rotatable bonds is 4. The zero-order valence-electron chi connectivity index (χ0n) is 11.4. The highest BCUT2D eigenvalue weighted by atomic mass is 19.2. The summed E-state index contributed by atoms with van der Waals surface area (Å²) in [6.07, 6.45) is 1.13. The maximum Gasteiger partial charge on any atom is 0.166 e. The Bertz CT molecular complexity index is 446. The molecule has 1 aliphatic heterocycles. The summed E-state index contributed by atoms with van der Waals surface area (Å²) in [6.45, 7) is 4.46. The van der Waals surface area contributed by atoms with Gasteiger partial charge in [-0.05, 0) is 6.42 Å². The zero-order chi connectivity index (χ0) is 14.7. The van der Waals surface area contributed by atoms with Crippen LogP contribution in [0, 0.1) is 23.3 Å². The molecule has 1 fully saturated rings. The third-order valence-corrected chi connectivity index (χ3v) is 3.63. The first-order valence-corrected chi connectivity index (χ1v) is 6.84. The summed E-state index contributed by atoms with van der Waals surface area (Å²) in [5, 5.41) is 3.14. The summed E-state index contributed by atoms with van der Waals surface area (Å²) in [7, 11) is 0. The molecular weight excluding hydrogens is 272 g/mol. The zero-order valence-corrected chi connectivity index (χ0v) is 11.4. The van der Waals surface area contributed by atoms with Crippen molar-refractivity contribution in [3.63, 3.8) is 0 Å². The van der Waals surface area contributed by atoms with Gasteiger partial charge in [-0.25, -0.2) is 17.6 Å². The molecule has 0 unspecified atom stereocenters. The van der Waals surface area contributed by atoms with Crippen LogP contribution in [0.5, 0.6) is 0 Å². The van der Waals surface area contributed by atoms with Crippen LogP contribution in [0.15, 0.2) is 6.07 Å². The maximum atomic E-state index is 13.9. The Balaban J connectivity index is 2.42. The smallest absolute Gasteiger partial charge is 0.166 e. The fraction of sp³-hybridized carbons (Fsp3) is 0.571. The lowest BCUT2D eigenvalue weighted by Gasteiger charge is -2.35. The van der Waals surface area contributed by atoms with Crippen LogP contribution in [0.3, 0.4) is 0 Å². The van der Waals surface area contributed by atoms with Gasteiger partial charge >= 0.3 is 0 Å². The van der Waals surface area contributed by atoms with Gasteiger partial charge in [0.1, 0.15) is 0 Å². The highest BCUT2D eigenvalue weighted by molar-refractivity contribution is 5.26. The monoisotopic (exact) mass is 290 g/mol. The Morgan fingerprint density at radius 3 is 2.15 bits per heavy atom. The molecule has 20 heavy (non-hydrogen) atoms. The van der Waals surface area contributed by atoms with Gasteiger partial charge in [0.2, 0.25) is 0 Å². The average Bonchev–Trinajstić information content (AvgIpc) is 2.45. The van der Waals surface area contributed by atoms with Crippen LogP contribution in [0.25, 0.3) is 0 Å². The molecule has 1 aromatic carbocycles. The van der Waals surface area contributed by atoms with Crippen molar-refractivity contribution in [3.8, 4) is 0 Å². The quantitative estimate of drug-likeness (QED) is 0.677. The van der Waals surface area contributed by atoms with E-state index >= 15 is 0 Å². The lowest BCUT2D eigenvalue weighted by Crippen LogP contribution is -2.45.